The van der Waals surface area contributed by atoms with Gasteiger partial charge in [0.25, 0.3) is 0 Å². The number of hydrogen-bond acceptors (Lipinski definition) is 8. The first-order chi connectivity index (χ1) is 18.3. The lowest BCUT2D eigenvalue weighted by Gasteiger charge is -2.20. The lowest BCUT2D eigenvalue weighted by Crippen LogP contribution is -2.21. The lowest BCUT2D eigenvalue weighted by atomic mass is 10.0. The minimum atomic E-state index is -0.628. The molecule has 8 nitrogen and oxygen atoms in total. The van der Waals surface area contributed by atoms with Gasteiger partial charge in [-0.3, -0.25) is 4.79 Å². The third-order valence-corrected chi connectivity index (χ3v) is 6.37. The Kier molecular flexibility index (Phi) is 7.90. The zero-order valence-electron chi connectivity index (χ0n) is 22.4. The Labute approximate surface area is 222 Å². The van der Waals surface area contributed by atoms with Crippen LogP contribution in [0.5, 0.6) is 28.7 Å². The number of ether oxygens (including phenoxy) is 5. The molecule has 1 aliphatic rings. The summed E-state index contributed by atoms with van der Waals surface area (Å²) in [7, 11) is 4.42. The first kappa shape index (κ1) is 26.6. The number of carbonyl (C=O) groups excluding carboxylic acids is 2. The molecule has 1 heterocycles. The van der Waals surface area contributed by atoms with Crippen LogP contribution in [-0.2, 0) is 0 Å². The molecule has 0 saturated heterocycles. The van der Waals surface area contributed by atoms with Gasteiger partial charge < -0.3 is 28.6 Å². The highest BCUT2D eigenvalue weighted by atomic mass is 16.5. The number of aryl methyl sites for hydroxylation is 1. The predicted octanol–water partition coefficient (Wildman–Crippen LogP) is 5.70. The zero-order valence-corrected chi connectivity index (χ0v) is 22.4. The molecular formula is C30H31NO7. The fourth-order valence-electron chi connectivity index (χ4n) is 4.42. The van der Waals surface area contributed by atoms with E-state index in [2.05, 4.69) is 18.7 Å². The molecule has 0 spiro atoms. The molecule has 0 amide bonds. The van der Waals surface area contributed by atoms with Crippen LogP contribution in [0.3, 0.4) is 0 Å². The number of hydrogen-bond donors (Lipinski definition) is 0. The number of nitrogens with zero attached hydrogens (tertiary/aromatic N) is 1. The summed E-state index contributed by atoms with van der Waals surface area (Å²) in [5.41, 5.74) is 3.27. The van der Waals surface area contributed by atoms with Gasteiger partial charge in [0.2, 0.25) is 11.5 Å². The Morgan fingerprint density at radius 1 is 0.921 bits per heavy atom. The second-order valence-electron chi connectivity index (χ2n) is 8.62. The minimum absolute atomic E-state index is 0.211. The average molecular weight is 518 g/mol. The van der Waals surface area contributed by atoms with Crippen LogP contribution in [0.25, 0.3) is 6.08 Å². The summed E-state index contributed by atoms with van der Waals surface area (Å²) in [5.74, 6) is 0.993. The van der Waals surface area contributed by atoms with Gasteiger partial charge in [-0.25, -0.2) is 4.79 Å². The van der Waals surface area contributed by atoms with E-state index in [0.717, 1.165) is 24.3 Å². The Hall–Kier alpha value is -4.46. The van der Waals surface area contributed by atoms with Gasteiger partial charge in [0.1, 0.15) is 11.5 Å². The first-order valence-corrected chi connectivity index (χ1v) is 12.3. The van der Waals surface area contributed by atoms with Crippen LogP contribution >= 0.6 is 0 Å². The zero-order chi connectivity index (χ0) is 27.4. The fourth-order valence-corrected chi connectivity index (χ4v) is 4.42. The highest BCUT2D eigenvalue weighted by Crippen LogP contribution is 2.40. The van der Waals surface area contributed by atoms with Gasteiger partial charge in [-0.1, -0.05) is 12.1 Å². The minimum Gasteiger partial charge on any atom is -0.493 e. The molecule has 0 unspecified atom stereocenters. The molecule has 0 fully saturated rings. The highest BCUT2D eigenvalue weighted by molar-refractivity contribution is 6.15. The van der Waals surface area contributed by atoms with Crippen LogP contribution in [0.1, 0.15) is 45.7 Å². The fraction of sp³-hybridized carbons (Fsp3) is 0.267. The SMILES string of the molecule is CCN(CC)c1ccc(/C=C2\Oc3cc(OC(=O)c4cc(OC)c(OC)c(OC)c4)cc(C)c3C2=O)cc1. The van der Waals surface area contributed by atoms with Gasteiger partial charge in [-0.05, 0) is 68.3 Å². The Balaban J connectivity index is 1.57. The topological polar surface area (TPSA) is 83.5 Å². The van der Waals surface area contributed by atoms with E-state index in [9.17, 15) is 9.59 Å². The molecule has 38 heavy (non-hydrogen) atoms. The molecule has 0 saturated carbocycles. The highest BCUT2D eigenvalue weighted by Gasteiger charge is 2.30. The first-order valence-electron chi connectivity index (χ1n) is 12.3. The monoisotopic (exact) mass is 517 g/mol. The number of esters is 1. The van der Waals surface area contributed by atoms with Gasteiger partial charge in [0.15, 0.2) is 17.3 Å². The second kappa shape index (κ2) is 11.3. The Morgan fingerprint density at radius 2 is 1.55 bits per heavy atom. The van der Waals surface area contributed by atoms with Gasteiger partial charge in [-0.2, -0.15) is 0 Å². The molecule has 8 heteroatoms. The van der Waals surface area contributed by atoms with Crippen molar-refractivity contribution < 1.29 is 33.3 Å². The summed E-state index contributed by atoms with van der Waals surface area (Å²) < 4.78 is 27.5. The number of carbonyl (C=O) groups is 2. The molecule has 0 radical (unpaired) electrons. The quantitative estimate of drug-likeness (QED) is 0.203. The number of allylic oxidation sites excluding steroid dienone is 1. The summed E-state index contributed by atoms with van der Waals surface area (Å²) in [6.45, 7) is 7.83. The van der Waals surface area contributed by atoms with E-state index in [1.807, 2.05) is 24.3 Å². The predicted molar refractivity (Wildman–Crippen MR) is 145 cm³/mol. The standard InChI is InChI=1S/C30H31NO7/c1-7-31(8-2)21-11-9-19(10-12-21)14-24-28(32)27-18(3)13-22(17-23(27)38-24)37-30(33)20-15-25(34-4)29(36-6)26(16-20)35-5/h9-17H,7-8H2,1-6H3/b24-14-. The molecule has 0 bridgehead atoms. The second-order valence-corrected chi connectivity index (χ2v) is 8.62. The maximum Gasteiger partial charge on any atom is 0.343 e. The van der Waals surface area contributed by atoms with E-state index in [0.29, 0.717) is 34.1 Å². The number of benzene rings is 3. The maximum absolute atomic E-state index is 13.1. The molecule has 4 rings (SSSR count). The van der Waals surface area contributed by atoms with Gasteiger partial charge in [0, 0.05) is 24.8 Å². The summed E-state index contributed by atoms with van der Waals surface area (Å²) in [6.07, 6.45) is 1.72. The molecule has 0 aromatic heterocycles. The Morgan fingerprint density at radius 3 is 2.11 bits per heavy atom. The Bertz CT molecular complexity index is 1360. The van der Waals surface area contributed by atoms with Crippen LogP contribution in [-0.4, -0.2) is 46.2 Å². The third kappa shape index (κ3) is 5.16. The third-order valence-electron chi connectivity index (χ3n) is 6.37. The van der Waals surface area contributed by atoms with E-state index in [4.69, 9.17) is 23.7 Å². The van der Waals surface area contributed by atoms with Crippen molar-refractivity contribution in [2.24, 2.45) is 0 Å². The molecular weight excluding hydrogens is 486 g/mol. The molecule has 3 aromatic carbocycles. The summed E-state index contributed by atoms with van der Waals surface area (Å²) >= 11 is 0. The summed E-state index contributed by atoms with van der Waals surface area (Å²) in [6, 6.07) is 14.2. The van der Waals surface area contributed by atoms with Crippen molar-refractivity contribution in [1.29, 1.82) is 0 Å². The number of fused-ring (bicyclic) bond motifs is 1. The van der Waals surface area contributed by atoms with Crippen molar-refractivity contribution in [2.45, 2.75) is 20.8 Å². The lowest BCUT2D eigenvalue weighted by molar-refractivity contribution is 0.0733. The molecule has 0 N–H and O–H groups in total. The number of anilines is 1. The normalized spacial score (nSPS) is 13.1. The van der Waals surface area contributed by atoms with E-state index >= 15 is 0 Å². The van der Waals surface area contributed by atoms with E-state index in [1.165, 1.54) is 33.5 Å². The van der Waals surface area contributed by atoms with Crippen LogP contribution in [0.4, 0.5) is 5.69 Å². The molecule has 198 valence electrons. The van der Waals surface area contributed by atoms with E-state index < -0.39 is 5.97 Å². The van der Waals surface area contributed by atoms with E-state index in [-0.39, 0.29) is 22.9 Å². The summed E-state index contributed by atoms with van der Waals surface area (Å²) in [4.78, 5) is 28.3. The van der Waals surface area contributed by atoms with Gasteiger partial charge >= 0.3 is 5.97 Å². The van der Waals surface area contributed by atoms with Crippen molar-refractivity contribution >= 4 is 23.5 Å². The number of methoxy groups -OCH3 is 3. The maximum atomic E-state index is 13.1. The molecule has 0 aliphatic carbocycles. The van der Waals surface area contributed by atoms with Crippen LogP contribution in [0, 0.1) is 6.92 Å². The largest absolute Gasteiger partial charge is 0.493 e. The average Bonchev–Trinajstić information content (AvgIpc) is 3.24. The number of rotatable bonds is 9. The van der Waals surface area contributed by atoms with Crippen molar-refractivity contribution in [2.75, 3.05) is 39.3 Å². The van der Waals surface area contributed by atoms with Crippen molar-refractivity contribution in [3.63, 3.8) is 0 Å². The molecule has 1 aliphatic heterocycles. The van der Waals surface area contributed by atoms with Crippen molar-refractivity contribution in [3.05, 3.63) is 76.5 Å². The van der Waals surface area contributed by atoms with Gasteiger partial charge in [-0.15, -0.1) is 0 Å². The van der Waals surface area contributed by atoms with Crippen molar-refractivity contribution in [1.82, 2.24) is 0 Å². The van der Waals surface area contributed by atoms with Crippen LogP contribution in [0.2, 0.25) is 0 Å². The van der Waals surface area contributed by atoms with Crippen LogP contribution in [0.15, 0.2) is 54.3 Å². The summed E-state index contributed by atoms with van der Waals surface area (Å²) in [5, 5.41) is 0. The van der Waals surface area contributed by atoms with E-state index in [1.54, 1.807) is 25.1 Å². The van der Waals surface area contributed by atoms with Crippen molar-refractivity contribution in [3.8, 4) is 28.7 Å². The molecule has 0 atom stereocenters. The number of ketones is 1. The molecule has 3 aromatic rings. The number of Topliss-reactive ketones (excluding diaryl/α,β-unsaturated/α-hetero) is 1. The van der Waals surface area contributed by atoms with Crippen LogP contribution < -0.4 is 28.6 Å². The smallest absolute Gasteiger partial charge is 0.343 e. The van der Waals surface area contributed by atoms with Gasteiger partial charge in [0.05, 0.1) is 32.5 Å².